The smallest absolute Gasteiger partial charge is 0.407 e. The van der Waals surface area contributed by atoms with E-state index in [1.165, 1.54) is 0 Å². The largest absolute Gasteiger partial charge is 0.448 e. The molecule has 1 heterocycles. The first-order valence-electron chi connectivity index (χ1n) is 6.48. The van der Waals surface area contributed by atoms with Crippen molar-refractivity contribution in [2.45, 2.75) is 45.7 Å². The number of carbonyl (C=O) groups excluding carboxylic acids is 1. The lowest BCUT2D eigenvalue weighted by Crippen LogP contribution is -2.53. The van der Waals surface area contributed by atoms with Crippen LogP contribution in [-0.2, 0) is 9.47 Å². The van der Waals surface area contributed by atoms with Crippen LogP contribution in [0.5, 0.6) is 0 Å². The number of ether oxygens (including phenoxy) is 2. The highest BCUT2D eigenvalue weighted by atomic mass is 16.5. The average Bonchev–Trinajstić information content (AvgIpc) is 2.26. The summed E-state index contributed by atoms with van der Waals surface area (Å²) in [6.45, 7) is 13.6. The van der Waals surface area contributed by atoms with Crippen molar-refractivity contribution in [2.75, 3.05) is 32.9 Å². The van der Waals surface area contributed by atoms with E-state index in [-0.39, 0.29) is 17.2 Å². The van der Waals surface area contributed by atoms with Gasteiger partial charge < -0.3 is 14.8 Å². The fraction of sp³-hybridized carbons (Fsp3) is 0.923. The molecule has 0 bridgehead atoms. The normalized spacial score (nSPS) is 18.5. The zero-order valence-electron chi connectivity index (χ0n) is 12.2. The molecule has 5 heteroatoms. The van der Waals surface area contributed by atoms with Crippen LogP contribution in [0.4, 0.5) is 4.79 Å². The van der Waals surface area contributed by atoms with Gasteiger partial charge in [-0.1, -0.05) is 0 Å². The Balaban J connectivity index is 2.38. The van der Waals surface area contributed by atoms with Gasteiger partial charge >= 0.3 is 6.09 Å². The second-order valence-electron chi connectivity index (χ2n) is 6.36. The summed E-state index contributed by atoms with van der Waals surface area (Å²) in [5, 5.41) is 2.79. The van der Waals surface area contributed by atoms with Gasteiger partial charge in [-0.25, -0.2) is 4.79 Å². The Kier molecular flexibility index (Phi) is 4.99. The lowest BCUT2D eigenvalue weighted by Gasteiger charge is -2.40. The number of morpholine rings is 1. The van der Waals surface area contributed by atoms with Crippen molar-refractivity contribution < 1.29 is 14.3 Å². The molecule has 0 spiro atoms. The molecule has 0 aromatic carbocycles. The molecule has 1 fully saturated rings. The van der Waals surface area contributed by atoms with Crippen LogP contribution in [0.15, 0.2) is 0 Å². The third kappa shape index (κ3) is 5.23. The summed E-state index contributed by atoms with van der Waals surface area (Å²) in [6.07, 6.45) is -0.358. The first-order valence-corrected chi connectivity index (χ1v) is 6.48. The van der Waals surface area contributed by atoms with Gasteiger partial charge in [0, 0.05) is 24.2 Å². The molecule has 1 saturated heterocycles. The van der Waals surface area contributed by atoms with E-state index < -0.39 is 0 Å². The molecule has 0 aromatic rings. The maximum atomic E-state index is 11.6. The zero-order valence-corrected chi connectivity index (χ0v) is 12.2. The molecule has 0 aliphatic carbocycles. The van der Waals surface area contributed by atoms with Gasteiger partial charge in [0.2, 0.25) is 0 Å². The van der Waals surface area contributed by atoms with Crippen LogP contribution in [0, 0.1) is 0 Å². The van der Waals surface area contributed by atoms with Gasteiger partial charge in [-0.05, 0) is 34.6 Å². The zero-order chi connectivity index (χ0) is 13.8. The van der Waals surface area contributed by atoms with E-state index >= 15 is 0 Å². The summed E-state index contributed by atoms with van der Waals surface area (Å²) in [6, 6.07) is 0. The summed E-state index contributed by atoms with van der Waals surface area (Å²) in [5.74, 6) is 0. The Morgan fingerprint density at radius 2 is 1.78 bits per heavy atom. The molecule has 0 atom stereocenters. The van der Waals surface area contributed by atoms with Crippen molar-refractivity contribution >= 4 is 6.09 Å². The average molecular weight is 258 g/mol. The van der Waals surface area contributed by atoms with Crippen LogP contribution in [0.3, 0.4) is 0 Å². The Hall–Kier alpha value is -0.810. The van der Waals surface area contributed by atoms with Gasteiger partial charge in [0.15, 0.2) is 0 Å². The summed E-state index contributed by atoms with van der Waals surface area (Å²) >= 11 is 0. The van der Waals surface area contributed by atoms with E-state index in [9.17, 15) is 4.79 Å². The third-order valence-corrected chi connectivity index (χ3v) is 2.90. The summed E-state index contributed by atoms with van der Waals surface area (Å²) in [7, 11) is 0. The van der Waals surface area contributed by atoms with E-state index in [1.54, 1.807) is 0 Å². The van der Waals surface area contributed by atoms with Gasteiger partial charge in [0.1, 0.15) is 6.61 Å². The van der Waals surface area contributed by atoms with Gasteiger partial charge in [-0.3, -0.25) is 4.90 Å². The van der Waals surface area contributed by atoms with Crippen molar-refractivity contribution in [3.8, 4) is 0 Å². The van der Waals surface area contributed by atoms with Gasteiger partial charge in [-0.15, -0.1) is 0 Å². The molecule has 1 amide bonds. The molecule has 5 nitrogen and oxygen atoms in total. The van der Waals surface area contributed by atoms with Crippen LogP contribution in [0.25, 0.3) is 0 Å². The summed E-state index contributed by atoms with van der Waals surface area (Å²) in [4.78, 5) is 13.9. The predicted octanol–water partition coefficient (Wildman–Crippen LogP) is 1.62. The van der Waals surface area contributed by atoms with Crippen LogP contribution in [-0.4, -0.2) is 55.0 Å². The first-order chi connectivity index (χ1) is 8.21. The first kappa shape index (κ1) is 15.2. The predicted molar refractivity (Wildman–Crippen MR) is 70.7 cm³/mol. The highest BCUT2D eigenvalue weighted by Crippen LogP contribution is 2.16. The molecule has 0 unspecified atom stereocenters. The van der Waals surface area contributed by atoms with E-state index in [4.69, 9.17) is 9.47 Å². The Labute approximate surface area is 110 Å². The van der Waals surface area contributed by atoms with Crippen LogP contribution in [0.2, 0.25) is 0 Å². The number of carbonyl (C=O) groups is 1. The maximum absolute atomic E-state index is 11.6. The minimum Gasteiger partial charge on any atom is -0.448 e. The lowest BCUT2D eigenvalue weighted by atomic mass is 10.0. The van der Waals surface area contributed by atoms with Crippen molar-refractivity contribution in [3.05, 3.63) is 0 Å². The molecular formula is C13H26N2O3. The minimum atomic E-state index is -0.358. The van der Waals surface area contributed by atoms with E-state index in [2.05, 4.69) is 24.1 Å². The lowest BCUT2D eigenvalue weighted by molar-refractivity contribution is -0.0323. The maximum Gasteiger partial charge on any atom is 0.407 e. The SMILES string of the molecule is CC(C)(C)NC(=O)OCC(C)(C)N1CCOCC1. The number of hydrogen-bond acceptors (Lipinski definition) is 4. The van der Waals surface area contributed by atoms with Crippen molar-refractivity contribution in [3.63, 3.8) is 0 Å². The molecule has 106 valence electrons. The molecular weight excluding hydrogens is 232 g/mol. The molecule has 0 saturated carbocycles. The van der Waals surface area contributed by atoms with Gasteiger partial charge in [0.25, 0.3) is 0 Å². The van der Waals surface area contributed by atoms with Crippen LogP contribution >= 0.6 is 0 Å². The van der Waals surface area contributed by atoms with Gasteiger partial charge in [0.05, 0.1) is 13.2 Å². The number of amides is 1. The molecule has 0 radical (unpaired) electrons. The Morgan fingerprint density at radius 1 is 1.22 bits per heavy atom. The number of rotatable bonds is 3. The molecule has 1 aliphatic heterocycles. The highest BCUT2D eigenvalue weighted by molar-refractivity contribution is 5.68. The van der Waals surface area contributed by atoms with E-state index in [0.29, 0.717) is 6.61 Å². The van der Waals surface area contributed by atoms with Crippen LogP contribution in [0.1, 0.15) is 34.6 Å². The molecule has 1 N–H and O–H groups in total. The van der Waals surface area contributed by atoms with Crippen molar-refractivity contribution in [1.29, 1.82) is 0 Å². The monoisotopic (exact) mass is 258 g/mol. The van der Waals surface area contributed by atoms with E-state index in [1.807, 2.05) is 20.8 Å². The highest BCUT2D eigenvalue weighted by Gasteiger charge is 2.30. The fourth-order valence-corrected chi connectivity index (χ4v) is 1.84. The van der Waals surface area contributed by atoms with E-state index in [0.717, 1.165) is 26.3 Å². The van der Waals surface area contributed by atoms with Crippen molar-refractivity contribution in [2.24, 2.45) is 0 Å². The summed E-state index contributed by atoms with van der Waals surface area (Å²) < 4.78 is 10.6. The minimum absolute atomic E-state index is 0.154. The fourth-order valence-electron chi connectivity index (χ4n) is 1.84. The standard InChI is InChI=1S/C13H26N2O3/c1-12(2,3)14-11(16)18-10-13(4,5)15-6-8-17-9-7-15/h6-10H2,1-5H3,(H,14,16). The van der Waals surface area contributed by atoms with Crippen molar-refractivity contribution in [1.82, 2.24) is 10.2 Å². The number of nitrogens with one attached hydrogen (secondary N) is 1. The molecule has 1 rings (SSSR count). The second kappa shape index (κ2) is 5.89. The number of nitrogens with zero attached hydrogens (tertiary/aromatic N) is 1. The Morgan fingerprint density at radius 3 is 2.28 bits per heavy atom. The Bertz CT molecular complexity index is 278. The molecule has 0 aromatic heterocycles. The number of hydrogen-bond donors (Lipinski definition) is 1. The van der Waals surface area contributed by atoms with Crippen LogP contribution < -0.4 is 5.32 Å². The summed E-state index contributed by atoms with van der Waals surface area (Å²) in [5.41, 5.74) is -0.417. The quantitative estimate of drug-likeness (QED) is 0.836. The second-order valence-corrected chi connectivity index (χ2v) is 6.36. The molecule has 18 heavy (non-hydrogen) atoms. The van der Waals surface area contributed by atoms with Gasteiger partial charge in [-0.2, -0.15) is 0 Å². The third-order valence-electron chi connectivity index (χ3n) is 2.90. The molecule has 1 aliphatic rings. The topological polar surface area (TPSA) is 50.8 Å². The number of alkyl carbamates (subject to hydrolysis) is 1.